The molecule has 4 nitrogen and oxygen atoms in total. The minimum Gasteiger partial charge on any atom is -0.285 e. The second kappa shape index (κ2) is 4.17. The molecule has 0 aliphatic rings. The van der Waals surface area contributed by atoms with Crippen molar-refractivity contribution < 1.29 is 4.79 Å². The molecule has 0 atom stereocenters. The molecular weight excluding hydrogens is 226 g/mol. The van der Waals surface area contributed by atoms with Gasteiger partial charge in [-0.1, -0.05) is 23.7 Å². The lowest BCUT2D eigenvalue weighted by Crippen LogP contribution is -2.09. The molecular formula is C11H6ClN3O. The maximum absolute atomic E-state index is 12.0. The van der Waals surface area contributed by atoms with Crippen molar-refractivity contribution in [3.63, 3.8) is 0 Å². The van der Waals surface area contributed by atoms with Crippen LogP contribution in [-0.4, -0.2) is 15.3 Å². The van der Waals surface area contributed by atoms with E-state index in [9.17, 15) is 4.79 Å². The molecule has 16 heavy (non-hydrogen) atoms. The van der Waals surface area contributed by atoms with E-state index in [1.807, 2.05) is 6.19 Å². The highest BCUT2D eigenvalue weighted by molar-refractivity contribution is 6.34. The maximum atomic E-state index is 12.0. The van der Waals surface area contributed by atoms with Crippen LogP contribution in [0, 0.1) is 11.5 Å². The largest absolute Gasteiger partial charge is 0.285 e. The second-order valence-electron chi connectivity index (χ2n) is 3.03. The molecule has 1 heterocycles. The highest BCUT2D eigenvalue weighted by Gasteiger charge is 2.17. The van der Waals surface area contributed by atoms with Gasteiger partial charge in [-0.15, -0.1) is 0 Å². The normalized spacial score (nSPS) is 9.75. The highest BCUT2D eigenvalue weighted by Crippen LogP contribution is 2.18. The van der Waals surface area contributed by atoms with Crippen molar-refractivity contribution in [2.45, 2.75) is 0 Å². The molecule has 78 valence electrons. The summed E-state index contributed by atoms with van der Waals surface area (Å²) in [6, 6.07) is 6.66. The van der Waals surface area contributed by atoms with E-state index in [0.717, 1.165) is 4.57 Å². The zero-order chi connectivity index (χ0) is 11.5. The number of hydrogen-bond donors (Lipinski definition) is 0. The monoisotopic (exact) mass is 231 g/mol. The number of imidazole rings is 1. The van der Waals surface area contributed by atoms with Crippen LogP contribution < -0.4 is 0 Å². The SMILES string of the molecule is N#Cn1ccnc1C(=O)c1ccccc1Cl. The van der Waals surface area contributed by atoms with Gasteiger partial charge in [0.2, 0.25) is 5.78 Å². The number of halogens is 1. The number of nitrogens with zero attached hydrogens (tertiary/aromatic N) is 3. The Morgan fingerprint density at radius 1 is 1.44 bits per heavy atom. The average molecular weight is 232 g/mol. The third-order valence-corrected chi connectivity index (χ3v) is 2.40. The van der Waals surface area contributed by atoms with Gasteiger partial charge in [0.05, 0.1) is 5.02 Å². The van der Waals surface area contributed by atoms with Crippen molar-refractivity contribution in [3.05, 3.63) is 53.1 Å². The number of benzene rings is 1. The van der Waals surface area contributed by atoms with E-state index >= 15 is 0 Å². The zero-order valence-electron chi connectivity index (χ0n) is 8.09. The number of rotatable bonds is 2. The summed E-state index contributed by atoms with van der Waals surface area (Å²) in [4.78, 5) is 15.8. The fourth-order valence-electron chi connectivity index (χ4n) is 1.32. The summed E-state index contributed by atoms with van der Waals surface area (Å²) in [5.74, 6) is -0.298. The molecule has 2 aromatic rings. The molecule has 5 heteroatoms. The summed E-state index contributed by atoms with van der Waals surface area (Å²) < 4.78 is 1.10. The third-order valence-electron chi connectivity index (χ3n) is 2.07. The standard InChI is InChI=1S/C11H6ClN3O/c12-9-4-2-1-3-8(9)10(16)11-14-5-6-15(11)7-13/h1-6H. The van der Waals surface area contributed by atoms with E-state index in [-0.39, 0.29) is 11.6 Å². The van der Waals surface area contributed by atoms with Crippen LogP contribution in [0.5, 0.6) is 0 Å². The minimum absolute atomic E-state index is 0.0654. The van der Waals surface area contributed by atoms with E-state index in [4.69, 9.17) is 16.9 Å². The first kappa shape index (κ1) is 10.4. The number of ketones is 1. The molecule has 0 amide bonds. The first-order valence-corrected chi connectivity index (χ1v) is 4.84. The fraction of sp³-hybridized carbons (Fsp3) is 0. The van der Waals surface area contributed by atoms with Gasteiger partial charge < -0.3 is 0 Å². The minimum atomic E-state index is -0.364. The molecule has 0 saturated carbocycles. The van der Waals surface area contributed by atoms with Crippen molar-refractivity contribution >= 4 is 17.4 Å². The number of aromatic nitrogens is 2. The molecule has 0 spiro atoms. The van der Waals surface area contributed by atoms with E-state index < -0.39 is 0 Å². The lowest BCUT2D eigenvalue weighted by Gasteiger charge is -2.01. The summed E-state index contributed by atoms with van der Waals surface area (Å²) in [5.41, 5.74) is 0.340. The van der Waals surface area contributed by atoms with Crippen LogP contribution >= 0.6 is 11.6 Å². The Kier molecular flexibility index (Phi) is 2.71. The van der Waals surface area contributed by atoms with E-state index in [1.54, 1.807) is 24.3 Å². The Morgan fingerprint density at radius 3 is 2.88 bits per heavy atom. The Hall–Kier alpha value is -2.12. The Balaban J connectivity index is 2.49. The highest BCUT2D eigenvalue weighted by atomic mass is 35.5. The average Bonchev–Trinajstić information content (AvgIpc) is 2.77. The summed E-state index contributed by atoms with van der Waals surface area (Å²) >= 11 is 5.89. The second-order valence-corrected chi connectivity index (χ2v) is 3.44. The predicted octanol–water partition coefficient (Wildman–Crippen LogP) is 2.10. The van der Waals surface area contributed by atoms with Gasteiger partial charge in [0.15, 0.2) is 12.0 Å². The van der Waals surface area contributed by atoms with Crippen LogP contribution in [-0.2, 0) is 0 Å². The number of hydrogen-bond acceptors (Lipinski definition) is 3. The van der Waals surface area contributed by atoms with Crippen LogP contribution in [0.2, 0.25) is 5.02 Å². The molecule has 0 bridgehead atoms. The van der Waals surface area contributed by atoms with E-state index in [2.05, 4.69) is 4.98 Å². The molecule has 0 aliphatic carbocycles. The van der Waals surface area contributed by atoms with Gasteiger partial charge in [-0.25, -0.2) is 9.55 Å². The van der Waals surface area contributed by atoms with Crippen LogP contribution in [0.1, 0.15) is 16.2 Å². The molecule has 0 unspecified atom stereocenters. The summed E-state index contributed by atoms with van der Waals surface area (Å²) in [7, 11) is 0. The van der Waals surface area contributed by atoms with Gasteiger partial charge in [-0.2, -0.15) is 5.26 Å². The zero-order valence-corrected chi connectivity index (χ0v) is 8.85. The number of carbonyl (C=O) groups excluding carboxylic acids is 1. The predicted molar refractivity (Wildman–Crippen MR) is 58.1 cm³/mol. The van der Waals surface area contributed by atoms with Crippen molar-refractivity contribution in [2.24, 2.45) is 0 Å². The fourth-order valence-corrected chi connectivity index (χ4v) is 1.54. The molecule has 0 radical (unpaired) electrons. The molecule has 0 saturated heterocycles. The van der Waals surface area contributed by atoms with Gasteiger partial charge in [0.1, 0.15) is 0 Å². The third kappa shape index (κ3) is 1.69. The van der Waals surface area contributed by atoms with Crippen LogP contribution in [0.25, 0.3) is 0 Å². The number of carbonyl (C=O) groups is 1. The van der Waals surface area contributed by atoms with Crippen molar-refractivity contribution in [1.82, 2.24) is 9.55 Å². The van der Waals surface area contributed by atoms with Gasteiger partial charge in [0, 0.05) is 18.0 Å². The topological polar surface area (TPSA) is 58.7 Å². The van der Waals surface area contributed by atoms with Crippen LogP contribution in [0.3, 0.4) is 0 Å². The Morgan fingerprint density at radius 2 is 2.19 bits per heavy atom. The van der Waals surface area contributed by atoms with Crippen molar-refractivity contribution in [1.29, 1.82) is 5.26 Å². The van der Waals surface area contributed by atoms with Gasteiger partial charge in [-0.3, -0.25) is 4.79 Å². The smallest absolute Gasteiger partial charge is 0.230 e. The Labute approximate surface area is 96.7 Å². The van der Waals surface area contributed by atoms with Gasteiger partial charge >= 0.3 is 0 Å². The van der Waals surface area contributed by atoms with Crippen molar-refractivity contribution in [3.8, 4) is 6.19 Å². The molecule has 2 rings (SSSR count). The maximum Gasteiger partial charge on any atom is 0.230 e. The van der Waals surface area contributed by atoms with E-state index in [1.165, 1.54) is 12.4 Å². The number of nitriles is 1. The molecule has 0 aliphatic heterocycles. The first-order chi connectivity index (χ1) is 7.74. The van der Waals surface area contributed by atoms with Gasteiger partial charge in [0.25, 0.3) is 0 Å². The lowest BCUT2D eigenvalue weighted by atomic mass is 10.1. The molecule has 1 aromatic heterocycles. The van der Waals surface area contributed by atoms with Gasteiger partial charge in [-0.05, 0) is 12.1 Å². The molecule has 0 fully saturated rings. The van der Waals surface area contributed by atoms with Crippen LogP contribution in [0.15, 0.2) is 36.7 Å². The van der Waals surface area contributed by atoms with Crippen molar-refractivity contribution in [2.75, 3.05) is 0 Å². The Bertz CT molecular complexity index is 579. The lowest BCUT2D eigenvalue weighted by molar-refractivity contribution is 0.102. The summed E-state index contributed by atoms with van der Waals surface area (Å²) in [6.45, 7) is 0. The molecule has 1 aromatic carbocycles. The summed E-state index contributed by atoms with van der Waals surface area (Å²) in [5, 5.41) is 9.11. The van der Waals surface area contributed by atoms with Crippen LogP contribution in [0.4, 0.5) is 0 Å². The first-order valence-electron chi connectivity index (χ1n) is 4.46. The summed E-state index contributed by atoms with van der Waals surface area (Å²) in [6.07, 6.45) is 4.65. The molecule has 0 N–H and O–H groups in total. The van der Waals surface area contributed by atoms with E-state index in [0.29, 0.717) is 10.6 Å². The quantitative estimate of drug-likeness (QED) is 0.744.